The van der Waals surface area contributed by atoms with Crippen LogP contribution in [0.25, 0.3) is 6.08 Å². The summed E-state index contributed by atoms with van der Waals surface area (Å²) in [6.07, 6.45) is 3.95. The molecule has 5 nitrogen and oxygen atoms in total. The van der Waals surface area contributed by atoms with Gasteiger partial charge in [0.05, 0.1) is 23.5 Å². The van der Waals surface area contributed by atoms with E-state index in [2.05, 4.69) is 11.1 Å². The Morgan fingerprint density at radius 1 is 1.38 bits per heavy atom. The van der Waals surface area contributed by atoms with E-state index in [-0.39, 0.29) is 0 Å². The molecule has 0 unspecified atom stereocenters. The first-order valence-electron chi connectivity index (χ1n) is 6.16. The van der Waals surface area contributed by atoms with Crippen LogP contribution < -0.4 is 4.74 Å². The quantitative estimate of drug-likeness (QED) is 0.851. The minimum Gasteiger partial charge on any atom is -0.487 e. The predicted molar refractivity (Wildman–Crippen MR) is 76.4 cm³/mol. The smallest absolute Gasteiger partial charge is 0.328 e. The molecule has 0 aliphatic carbocycles. The monoisotopic (exact) mass is 280 g/mol. The lowest BCUT2D eigenvalue weighted by atomic mass is 10.1. The Morgan fingerprint density at radius 3 is 2.90 bits per heavy atom. The Morgan fingerprint density at radius 2 is 2.24 bits per heavy atom. The third kappa shape index (κ3) is 4.48. The molecule has 0 saturated heterocycles. The van der Waals surface area contributed by atoms with Crippen molar-refractivity contribution >= 4 is 12.0 Å². The molecule has 2 aromatic rings. The van der Waals surface area contributed by atoms with Crippen molar-refractivity contribution in [3.05, 3.63) is 65.5 Å². The molecule has 0 fully saturated rings. The number of nitriles is 1. The fourth-order valence-electron chi connectivity index (χ4n) is 1.63. The van der Waals surface area contributed by atoms with E-state index in [1.165, 1.54) is 12.3 Å². The molecule has 0 amide bonds. The highest BCUT2D eigenvalue weighted by atomic mass is 16.5. The van der Waals surface area contributed by atoms with Crippen molar-refractivity contribution in [3.8, 4) is 11.8 Å². The second-order valence-electron chi connectivity index (χ2n) is 4.19. The number of aromatic nitrogens is 1. The van der Waals surface area contributed by atoms with Crippen LogP contribution in [0.3, 0.4) is 0 Å². The molecule has 0 radical (unpaired) electrons. The van der Waals surface area contributed by atoms with E-state index in [0.717, 1.165) is 11.6 Å². The van der Waals surface area contributed by atoms with Crippen LogP contribution >= 0.6 is 0 Å². The maximum atomic E-state index is 10.4. The minimum absolute atomic E-state index is 0.335. The normalized spacial score (nSPS) is 10.2. The number of hydrogen-bond acceptors (Lipinski definition) is 4. The summed E-state index contributed by atoms with van der Waals surface area (Å²) >= 11 is 0. The predicted octanol–water partition coefficient (Wildman–Crippen LogP) is 2.63. The van der Waals surface area contributed by atoms with Gasteiger partial charge in [0.2, 0.25) is 0 Å². The number of carboxylic acid groups (broad SMARTS) is 1. The molecule has 0 saturated carbocycles. The van der Waals surface area contributed by atoms with Crippen LogP contribution in [-0.2, 0) is 11.4 Å². The number of aliphatic carboxylic acids is 1. The van der Waals surface area contributed by atoms with E-state index < -0.39 is 5.97 Å². The van der Waals surface area contributed by atoms with Crippen molar-refractivity contribution in [1.29, 1.82) is 5.26 Å². The van der Waals surface area contributed by atoms with E-state index in [9.17, 15) is 4.79 Å². The lowest BCUT2D eigenvalue weighted by molar-refractivity contribution is -0.131. The topological polar surface area (TPSA) is 83.2 Å². The molecule has 0 atom stereocenters. The van der Waals surface area contributed by atoms with Crippen molar-refractivity contribution in [2.75, 3.05) is 0 Å². The average molecular weight is 280 g/mol. The zero-order valence-electron chi connectivity index (χ0n) is 11.1. The van der Waals surface area contributed by atoms with E-state index in [0.29, 0.717) is 23.6 Å². The highest BCUT2D eigenvalue weighted by Crippen LogP contribution is 2.13. The molecule has 5 heteroatoms. The van der Waals surface area contributed by atoms with E-state index in [1.807, 2.05) is 6.07 Å². The number of hydrogen-bond donors (Lipinski definition) is 1. The van der Waals surface area contributed by atoms with Gasteiger partial charge in [-0.15, -0.1) is 0 Å². The summed E-state index contributed by atoms with van der Waals surface area (Å²) in [5.41, 5.74) is 2.02. The SMILES string of the molecule is N#Cc1cccc(COc2ccc(C=CC(=O)O)nc2)c1. The van der Waals surface area contributed by atoms with Crippen LogP contribution in [0, 0.1) is 11.3 Å². The van der Waals surface area contributed by atoms with Crippen LogP contribution in [0.2, 0.25) is 0 Å². The van der Waals surface area contributed by atoms with Gasteiger partial charge in [0.1, 0.15) is 12.4 Å². The summed E-state index contributed by atoms with van der Waals surface area (Å²) in [6.45, 7) is 0.335. The van der Waals surface area contributed by atoms with Crippen molar-refractivity contribution in [1.82, 2.24) is 4.98 Å². The van der Waals surface area contributed by atoms with Gasteiger partial charge in [-0.1, -0.05) is 12.1 Å². The van der Waals surface area contributed by atoms with E-state index in [1.54, 1.807) is 30.3 Å². The summed E-state index contributed by atoms with van der Waals surface area (Å²) in [5.74, 6) is -0.445. The van der Waals surface area contributed by atoms with Gasteiger partial charge in [0, 0.05) is 6.08 Å². The molecule has 0 bridgehead atoms. The number of rotatable bonds is 5. The van der Waals surface area contributed by atoms with Crippen LogP contribution in [-0.4, -0.2) is 16.1 Å². The number of carbonyl (C=O) groups is 1. The minimum atomic E-state index is -1.02. The molecule has 1 heterocycles. The summed E-state index contributed by atoms with van der Waals surface area (Å²) in [7, 11) is 0. The highest BCUT2D eigenvalue weighted by Gasteiger charge is 1.99. The van der Waals surface area contributed by atoms with Crippen molar-refractivity contribution in [3.63, 3.8) is 0 Å². The number of ether oxygens (including phenoxy) is 1. The number of pyridine rings is 1. The molecule has 0 aliphatic rings. The van der Waals surface area contributed by atoms with Crippen LogP contribution in [0.15, 0.2) is 48.7 Å². The zero-order valence-corrected chi connectivity index (χ0v) is 11.1. The zero-order chi connectivity index (χ0) is 15.1. The summed E-state index contributed by atoms with van der Waals surface area (Å²) in [6, 6.07) is 12.6. The Balaban J connectivity index is 1.97. The standard InChI is InChI=1S/C16H12N2O3/c17-9-12-2-1-3-13(8-12)11-21-15-6-4-14(18-10-15)5-7-16(19)20/h1-8,10H,11H2,(H,19,20). The van der Waals surface area contributed by atoms with Crippen molar-refractivity contribution in [2.24, 2.45) is 0 Å². The second kappa shape index (κ2) is 6.87. The van der Waals surface area contributed by atoms with Crippen LogP contribution in [0.5, 0.6) is 5.75 Å². The number of nitrogens with zero attached hydrogens (tertiary/aromatic N) is 2. The largest absolute Gasteiger partial charge is 0.487 e. The van der Waals surface area contributed by atoms with Gasteiger partial charge >= 0.3 is 5.97 Å². The second-order valence-corrected chi connectivity index (χ2v) is 4.19. The molecule has 1 aromatic carbocycles. The Labute approximate surface area is 121 Å². The maximum Gasteiger partial charge on any atom is 0.328 e. The van der Waals surface area contributed by atoms with Crippen LogP contribution in [0.4, 0.5) is 0 Å². The first kappa shape index (κ1) is 14.3. The summed E-state index contributed by atoms with van der Waals surface area (Å²) in [4.78, 5) is 14.5. The Bertz CT molecular complexity index is 700. The molecule has 0 spiro atoms. The number of carboxylic acids is 1. The highest BCUT2D eigenvalue weighted by molar-refractivity contribution is 5.84. The average Bonchev–Trinajstić information content (AvgIpc) is 2.52. The Hall–Kier alpha value is -3.13. The van der Waals surface area contributed by atoms with Gasteiger partial charge in [-0.2, -0.15) is 5.26 Å². The van der Waals surface area contributed by atoms with Gasteiger partial charge in [-0.25, -0.2) is 4.79 Å². The molecule has 0 aliphatic heterocycles. The van der Waals surface area contributed by atoms with E-state index in [4.69, 9.17) is 15.1 Å². The van der Waals surface area contributed by atoms with Gasteiger partial charge in [-0.05, 0) is 35.9 Å². The van der Waals surface area contributed by atoms with Gasteiger partial charge < -0.3 is 9.84 Å². The first-order valence-corrected chi connectivity index (χ1v) is 6.16. The Kier molecular flexibility index (Phi) is 4.67. The molecular weight excluding hydrogens is 268 g/mol. The molecular formula is C16H12N2O3. The molecule has 1 aromatic heterocycles. The van der Waals surface area contributed by atoms with E-state index >= 15 is 0 Å². The molecule has 21 heavy (non-hydrogen) atoms. The van der Waals surface area contributed by atoms with Gasteiger partial charge in [-0.3, -0.25) is 4.98 Å². The van der Waals surface area contributed by atoms with Crippen LogP contribution in [0.1, 0.15) is 16.8 Å². The fraction of sp³-hybridized carbons (Fsp3) is 0.0625. The fourth-order valence-corrected chi connectivity index (χ4v) is 1.63. The van der Waals surface area contributed by atoms with Gasteiger partial charge in [0.15, 0.2) is 0 Å². The lowest BCUT2D eigenvalue weighted by Crippen LogP contribution is -1.96. The first-order chi connectivity index (χ1) is 10.2. The van der Waals surface area contributed by atoms with Crippen molar-refractivity contribution in [2.45, 2.75) is 6.61 Å². The third-order valence-corrected chi connectivity index (χ3v) is 2.62. The molecule has 2 rings (SSSR count). The third-order valence-electron chi connectivity index (χ3n) is 2.62. The number of benzene rings is 1. The molecule has 104 valence electrons. The molecule has 1 N–H and O–H groups in total. The lowest BCUT2D eigenvalue weighted by Gasteiger charge is -2.06. The van der Waals surface area contributed by atoms with Crippen molar-refractivity contribution < 1.29 is 14.6 Å². The van der Waals surface area contributed by atoms with Gasteiger partial charge in [0.25, 0.3) is 0 Å². The summed E-state index contributed by atoms with van der Waals surface area (Å²) in [5, 5.41) is 17.3. The summed E-state index contributed by atoms with van der Waals surface area (Å²) < 4.78 is 5.56. The maximum absolute atomic E-state index is 10.4.